The lowest BCUT2D eigenvalue weighted by Crippen LogP contribution is -2.49. The number of hydrogen-bond donors (Lipinski definition) is 2. The second-order valence-electron chi connectivity index (χ2n) is 9.07. The standard InChI is InChI=1S/C26H29NO7/c1-14-6-8-16(9-7-14)24(29)27-21-22(28)17-10-11-18(15(2)23(17)33-25(21)30)32-20-13-12-19(31-5)26(3,4)34-20/h6-11,19-20,28H,12-13H2,1-5H3,(H,27,29)/t19-,20-/m1/s1. The first-order valence-corrected chi connectivity index (χ1v) is 11.2. The molecule has 0 spiro atoms. The first kappa shape index (κ1) is 23.8. The Morgan fingerprint density at radius 1 is 1.12 bits per heavy atom. The molecule has 1 fully saturated rings. The summed E-state index contributed by atoms with van der Waals surface area (Å²) in [7, 11) is 1.66. The number of nitrogens with one attached hydrogen (secondary N) is 1. The molecule has 1 amide bonds. The highest BCUT2D eigenvalue weighted by Gasteiger charge is 2.39. The van der Waals surface area contributed by atoms with Gasteiger partial charge in [0.05, 0.1) is 17.1 Å². The van der Waals surface area contributed by atoms with E-state index >= 15 is 0 Å². The Kier molecular flexibility index (Phi) is 6.38. The number of ether oxygens (including phenoxy) is 3. The molecule has 3 aromatic rings. The van der Waals surface area contributed by atoms with Crippen LogP contribution in [0, 0.1) is 13.8 Å². The Morgan fingerprint density at radius 2 is 1.82 bits per heavy atom. The summed E-state index contributed by atoms with van der Waals surface area (Å²) in [4.78, 5) is 25.2. The van der Waals surface area contributed by atoms with Crippen molar-refractivity contribution < 1.29 is 28.5 Å². The third-order valence-electron chi connectivity index (χ3n) is 6.22. The second kappa shape index (κ2) is 9.12. The molecule has 2 N–H and O–H groups in total. The number of benzene rings is 2. The zero-order valence-electron chi connectivity index (χ0n) is 19.9. The summed E-state index contributed by atoms with van der Waals surface area (Å²) in [6.45, 7) is 7.54. The van der Waals surface area contributed by atoms with E-state index in [1.165, 1.54) is 0 Å². The quantitative estimate of drug-likeness (QED) is 0.525. The van der Waals surface area contributed by atoms with Crippen LogP contribution in [0.25, 0.3) is 11.0 Å². The fraction of sp³-hybridized carbons (Fsp3) is 0.385. The lowest BCUT2D eigenvalue weighted by Gasteiger charge is -2.41. The molecular formula is C26H29NO7. The number of methoxy groups -OCH3 is 1. The Labute approximate surface area is 197 Å². The van der Waals surface area contributed by atoms with Crippen LogP contribution < -0.4 is 15.7 Å². The van der Waals surface area contributed by atoms with Crippen molar-refractivity contribution in [2.75, 3.05) is 12.4 Å². The van der Waals surface area contributed by atoms with Gasteiger partial charge in [0.2, 0.25) is 6.29 Å². The van der Waals surface area contributed by atoms with Gasteiger partial charge in [-0.1, -0.05) is 17.7 Å². The maximum Gasteiger partial charge on any atom is 0.364 e. The van der Waals surface area contributed by atoms with E-state index in [4.69, 9.17) is 18.6 Å². The van der Waals surface area contributed by atoms with Gasteiger partial charge in [0.1, 0.15) is 11.3 Å². The Bertz CT molecular complexity index is 1280. The largest absolute Gasteiger partial charge is 0.505 e. The minimum Gasteiger partial charge on any atom is -0.505 e. The van der Waals surface area contributed by atoms with Crippen molar-refractivity contribution in [1.29, 1.82) is 0 Å². The number of anilines is 1. The van der Waals surface area contributed by atoms with Crippen LogP contribution >= 0.6 is 0 Å². The summed E-state index contributed by atoms with van der Waals surface area (Å²) in [5.74, 6) is -0.410. The number of carbonyl (C=O) groups is 1. The van der Waals surface area contributed by atoms with Gasteiger partial charge in [-0.2, -0.15) is 0 Å². The smallest absolute Gasteiger partial charge is 0.364 e. The molecule has 1 aliphatic heterocycles. The molecule has 2 heterocycles. The summed E-state index contributed by atoms with van der Waals surface area (Å²) in [5, 5.41) is 13.5. The minimum atomic E-state index is -0.858. The van der Waals surface area contributed by atoms with Crippen LogP contribution in [0.15, 0.2) is 45.6 Å². The van der Waals surface area contributed by atoms with E-state index in [-0.39, 0.29) is 28.5 Å². The summed E-state index contributed by atoms with van der Waals surface area (Å²) in [5.41, 5.74) is 0.389. The lowest BCUT2D eigenvalue weighted by atomic mass is 9.94. The van der Waals surface area contributed by atoms with Gasteiger partial charge >= 0.3 is 5.63 Å². The predicted octanol–water partition coefficient (Wildman–Crippen LogP) is 4.68. The average molecular weight is 468 g/mol. The van der Waals surface area contributed by atoms with Gasteiger partial charge in [0.15, 0.2) is 11.4 Å². The van der Waals surface area contributed by atoms with Crippen molar-refractivity contribution in [2.45, 2.75) is 58.5 Å². The summed E-state index contributed by atoms with van der Waals surface area (Å²) in [6, 6.07) is 10.1. The molecule has 8 heteroatoms. The van der Waals surface area contributed by atoms with Gasteiger partial charge in [-0.3, -0.25) is 4.79 Å². The molecule has 0 unspecified atom stereocenters. The molecule has 0 bridgehead atoms. The normalized spacial score (nSPS) is 19.7. The van der Waals surface area contributed by atoms with E-state index in [1.807, 2.05) is 20.8 Å². The fourth-order valence-corrected chi connectivity index (χ4v) is 4.23. The number of aromatic hydroxyl groups is 1. The molecule has 2 aromatic carbocycles. The minimum absolute atomic E-state index is 0.0337. The maximum absolute atomic E-state index is 12.7. The molecule has 8 nitrogen and oxygen atoms in total. The van der Waals surface area contributed by atoms with Gasteiger partial charge in [0.25, 0.3) is 5.91 Å². The van der Waals surface area contributed by atoms with E-state index in [9.17, 15) is 14.7 Å². The van der Waals surface area contributed by atoms with E-state index in [1.54, 1.807) is 50.4 Å². The van der Waals surface area contributed by atoms with Crippen LogP contribution in [0.2, 0.25) is 0 Å². The third-order valence-corrected chi connectivity index (χ3v) is 6.22. The molecule has 1 aliphatic rings. The Hall–Kier alpha value is -3.36. The van der Waals surface area contributed by atoms with Crippen LogP contribution in [0.4, 0.5) is 5.69 Å². The van der Waals surface area contributed by atoms with Crippen molar-refractivity contribution in [3.05, 3.63) is 63.5 Å². The van der Waals surface area contributed by atoms with Crippen molar-refractivity contribution in [1.82, 2.24) is 0 Å². The molecule has 0 aliphatic carbocycles. The molecule has 34 heavy (non-hydrogen) atoms. The molecule has 1 aromatic heterocycles. The van der Waals surface area contributed by atoms with Crippen molar-refractivity contribution >= 4 is 22.6 Å². The van der Waals surface area contributed by atoms with Crippen LogP contribution in [-0.2, 0) is 9.47 Å². The molecular weight excluding hydrogens is 438 g/mol. The highest BCUT2D eigenvalue weighted by atomic mass is 16.7. The zero-order chi connectivity index (χ0) is 24.6. The first-order valence-electron chi connectivity index (χ1n) is 11.2. The molecule has 180 valence electrons. The van der Waals surface area contributed by atoms with Gasteiger partial charge in [-0.15, -0.1) is 0 Å². The summed E-state index contributed by atoms with van der Waals surface area (Å²) in [6.07, 6.45) is 0.888. The third kappa shape index (κ3) is 4.51. The summed E-state index contributed by atoms with van der Waals surface area (Å²) < 4.78 is 23.1. The van der Waals surface area contributed by atoms with Crippen LogP contribution in [0.3, 0.4) is 0 Å². The van der Waals surface area contributed by atoms with Crippen LogP contribution in [0.5, 0.6) is 11.5 Å². The second-order valence-corrected chi connectivity index (χ2v) is 9.07. The number of hydrogen-bond acceptors (Lipinski definition) is 7. The molecule has 4 rings (SSSR count). The summed E-state index contributed by atoms with van der Waals surface area (Å²) >= 11 is 0. The maximum atomic E-state index is 12.7. The number of fused-ring (bicyclic) bond motifs is 1. The van der Waals surface area contributed by atoms with Gasteiger partial charge in [-0.25, -0.2) is 4.79 Å². The first-order chi connectivity index (χ1) is 16.1. The molecule has 1 saturated heterocycles. The molecule has 2 atom stereocenters. The van der Waals surface area contributed by atoms with Gasteiger partial charge in [-0.05, 0) is 58.4 Å². The Morgan fingerprint density at radius 3 is 2.47 bits per heavy atom. The van der Waals surface area contributed by atoms with Crippen molar-refractivity contribution in [3.8, 4) is 11.5 Å². The van der Waals surface area contributed by atoms with E-state index in [2.05, 4.69) is 5.32 Å². The van der Waals surface area contributed by atoms with Crippen LogP contribution in [0.1, 0.15) is 48.2 Å². The monoisotopic (exact) mass is 467 g/mol. The van der Waals surface area contributed by atoms with Gasteiger partial charge < -0.3 is 29.1 Å². The Balaban J connectivity index is 1.61. The van der Waals surface area contributed by atoms with Crippen LogP contribution in [-0.4, -0.2) is 36.1 Å². The number of aryl methyl sites for hydroxylation is 2. The highest BCUT2D eigenvalue weighted by molar-refractivity contribution is 6.06. The molecule has 0 saturated carbocycles. The SMILES string of the molecule is CO[C@@H]1CC[C@H](Oc2ccc3c(O)c(NC(=O)c4ccc(C)cc4)c(=O)oc3c2C)OC1(C)C. The number of amides is 1. The molecule has 0 radical (unpaired) electrons. The van der Waals surface area contributed by atoms with E-state index in [0.717, 1.165) is 12.0 Å². The number of carbonyl (C=O) groups excluding carboxylic acids is 1. The van der Waals surface area contributed by atoms with Crippen molar-refractivity contribution in [3.63, 3.8) is 0 Å². The number of rotatable bonds is 5. The fourth-order valence-electron chi connectivity index (χ4n) is 4.23. The lowest BCUT2D eigenvalue weighted by molar-refractivity contribution is -0.233. The zero-order valence-corrected chi connectivity index (χ0v) is 19.9. The van der Waals surface area contributed by atoms with E-state index < -0.39 is 23.4 Å². The average Bonchev–Trinajstić information content (AvgIpc) is 2.78. The van der Waals surface area contributed by atoms with Crippen molar-refractivity contribution in [2.24, 2.45) is 0 Å². The predicted molar refractivity (Wildman–Crippen MR) is 128 cm³/mol. The highest BCUT2D eigenvalue weighted by Crippen LogP contribution is 2.37. The van der Waals surface area contributed by atoms with E-state index in [0.29, 0.717) is 23.3 Å². The topological polar surface area (TPSA) is 107 Å². The van der Waals surface area contributed by atoms with Gasteiger partial charge in [0, 0.05) is 24.7 Å².